The summed E-state index contributed by atoms with van der Waals surface area (Å²) in [5.74, 6) is 0. The van der Waals surface area contributed by atoms with Gasteiger partial charge in [0.1, 0.15) is 5.15 Å². The molecule has 78 valence electrons. The van der Waals surface area contributed by atoms with Crippen LogP contribution in [0.5, 0.6) is 0 Å². The van der Waals surface area contributed by atoms with E-state index in [9.17, 15) is 9.90 Å². The van der Waals surface area contributed by atoms with Gasteiger partial charge in [-0.2, -0.15) is 0 Å². The third kappa shape index (κ3) is 3.13. The first-order chi connectivity index (χ1) is 6.61. The fourth-order valence-electron chi connectivity index (χ4n) is 0.905. The first-order valence-corrected chi connectivity index (χ1v) is 5.10. The predicted molar refractivity (Wildman–Crippen MR) is 52.7 cm³/mol. The molecule has 7 heteroatoms. The molecule has 1 aromatic rings. The molecular weight excluding hydrogens is 228 g/mol. The van der Waals surface area contributed by atoms with E-state index in [0.717, 1.165) is 0 Å². The highest BCUT2D eigenvalue weighted by Gasteiger charge is 2.13. The van der Waals surface area contributed by atoms with Gasteiger partial charge in [-0.3, -0.25) is 0 Å². The zero-order valence-corrected chi connectivity index (χ0v) is 8.68. The zero-order valence-electron chi connectivity index (χ0n) is 7.11. The molecule has 0 aliphatic rings. The van der Waals surface area contributed by atoms with Crippen molar-refractivity contribution in [2.45, 2.75) is 12.5 Å². The smallest absolute Gasteiger partial charge is 0.404 e. The number of amides is 1. The Bertz CT molecular complexity index is 318. The van der Waals surface area contributed by atoms with E-state index < -0.39 is 12.2 Å². The summed E-state index contributed by atoms with van der Waals surface area (Å²) in [7, 11) is 0. The minimum absolute atomic E-state index is 0.185. The van der Waals surface area contributed by atoms with Crippen LogP contribution in [0.15, 0.2) is 5.51 Å². The van der Waals surface area contributed by atoms with Gasteiger partial charge in [-0.15, -0.1) is 11.3 Å². The summed E-state index contributed by atoms with van der Waals surface area (Å²) in [6.45, 7) is 0.185. The average Bonchev–Trinajstić information content (AvgIpc) is 2.50. The molecule has 0 saturated carbocycles. The number of nitrogens with zero attached hydrogens (tertiary/aromatic N) is 1. The summed E-state index contributed by atoms with van der Waals surface area (Å²) in [6, 6.07) is 0. The number of nitrogens with one attached hydrogen (secondary N) is 1. The SMILES string of the molecule is O=C(O)NCCC(O)c1scnc1Cl. The van der Waals surface area contributed by atoms with Gasteiger partial charge in [-0.05, 0) is 6.42 Å². The Balaban J connectivity index is 2.39. The minimum Gasteiger partial charge on any atom is -0.465 e. The van der Waals surface area contributed by atoms with Crippen molar-refractivity contribution in [2.24, 2.45) is 0 Å². The van der Waals surface area contributed by atoms with Crippen LogP contribution in [-0.4, -0.2) is 27.8 Å². The lowest BCUT2D eigenvalue weighted by Gasteiger charge is -2.07. The highest BCUT2D eigenvalue weighted by Crippen LogP contribution is 2.27. The molecule has 3 N–H and O–H groups in total. The van der Waals surface area contributed by atoms with Gasteiger partial charge in [0.2, 0.25) is 0 Å². The normalized spacial score (nSPS) is 12.4. The second-order valence-corrected chi connectivity index (χ2v) is 3.79. The number of aromatic nitrogens is 1. The van der Waals surface area contributed by atoms with Gasteiger partial charge in [-0.25, -0.2) is 9.78 Å². The number of aliphatic hydroxyl groups excluding tert-OH is 1. The minimum atomic E-state index is -1.10. The van der Waals surface area contributed by atoms with E-state index in [0.29, 0.717) is 4.88 Å². The van der Waals surface area contributed by atoms with Crippen LogP contribution >= 0.6 is 22.9 Å². The van der Waals surface area contributed by atoms with Crippen LogP contribution in [0.1, 0.15) is 17.4 Å². The molecule has 0 aromatic carbocycles. The van der Waals surface area contributed by atoms with Crippen molar-refractivity contribution in [3.8, 4) is 0 Å². The highest BCUT2D eigenvalue weighted by molar-refractivity contribution is 7.10. The molecule has 5 nitrogen and oxygen atoms in total. The number of hydrogen-bond acceptors (Lipinski definition) is 4. The maximum atomic E-state index is 10.1. The summed E-state index contributed by atoms with van der Waals surface area (Å²) in [5.41, 5.74) is 1.53. The molecular formula is C7H9ClN2O3S. The van der Waals surface area contributed by atoms with Crippen LogP contribution in [0.3, 0.4) is 0 Å². The van der Waals surface area contributed by atoms with Gasteiger partial charge in [-0.1, -0.05) is 11.6 Å². The van der Waals surface area contributed by atoms with Crippen molar-refractivity contribution in [3.63, 3.8) is 0 Å². The number of aliphatic hydroxyl groups is 1. The van der Waals surface area contributed by atoms with Crippen molar-refractivity contribution >= 4 is 29.0 Å². The monoisotopic (exact) mass is 236 g/mol. The first-order valence-electron chi connectivity index (χ1n) is 3.85. The van der Waals surface area contributed by atoms with Crippen molar-refractivity contribution in [1.29, 1.82) is 0 Å². The average molecular weight is 237 g/mol. The van der Waals surface area contributed by atoms with E-state index >= 15 is 0 Å². The Hall–Kier alpha value is -0.850. The Morgan fingerprint density at radius 1 is 1.79 bits per heavy atom. The Labute approximate surface area is 89.4 Å². The molecule has 14 heavy (non-hydrogen) atoms. The zero-order chi connectivity index (χ0) is 10.6. The molecule has 1 unspecified atom stereocenters. The van der Waals surface area contributed by atoms with Crippen LogP contribution < -0.4 is 5.32 Å². The quantitative estimate of drug-likeness (QED) is 0.740. The molecule has 0 fully saturated rings. The lowest BCUT2D eigenvalue weighted by Crippen LogP contribution is -2.23. The molecule has 0 bridgehead atoms. The molecule has 1 heterocycles. The van der Waals surface area contributed by atoms with Gasteiger partial charge in [0, 0.05) is 6.54 Å². The summed E-state index contributed by atoms with van der Waals surface area (Å²) >= 11 is 6.93. The van der Waals surface area contributed by atoms with Crippen molar-refractivity contribution in [3.05, 3.63) is 15.5 Å². The summed E-state index contributed by atoms with van der Waals surface area (Å²) < 4.78 is 0. The van der Waals surface area contributed by atoms with Gasteiger partial charge in [0.25, 0.3) is 0 Å². The summed E-state index contributed by atoms with van der Waals surface area (Å²) in [6.07, 6.45) is -1.58. The number of halogens is 1. The fraction of sp³-hybridized carbons (Fsp3) is 0.429. The number of carboxylic acid groups (broad SMARTS) is 1. The van der Waals surface area contributed by atoms with E-state index in [1.54, 1.807) is 0 Å². The van der Waals surface area contributed by atoms with E-state index in [1.165, 1.54) is 16.8 Å². The van der Waals surface area contributed by atoms with Crippen LogP contribution in [0.25, 0.3) is 0 Å². The molecule has 1 amide bonds. The second kappa shape index (κ2) is 5.14. The van der Waals surface area contributed by atoms with E-state index in [2.05, 4.69) is 10.3 Å². The van der Waals surface area contributed by atoms with Crippen LogP contribution in [-0.2, 0) is 0 Å². The topological polar surface area (TPSA) is 82.5 Å². The molecule has 0 aliphatic heterocycles. The number of thiazole rings is 1. The Morgan fingerprint density at radius 3 is 3.00 bits per heavy atom. The fourth-order valence-corrected chi connectivity index (χ4v) is 1.97. The Morgan fingerprint density at radius 2 is 2.50 bits per heavy atom. The molecule has 1 aromatic heterocycles. The molecule has 0 radical (unpaired) electrons. The first kappa shape index (κ1) is 11.2. The summed E-state index contributed by atoms with van der Waals surface area (Å²) in [4.78, 5) is 14.4. The van der Waals surface area contributed by atoms with Crippen LogP contribution in [0.2, 0.25) is 5.15 Å². The third-order valence-electron chi connectivity index (χ3n) is 1.55. The van der Waals surface area contributed by atoms with Crippen molar-refractivity contribution in [1.82, 2.24) is 10.3 Å². The largest absolute Gasteiger partial charge is 0.465 e. The third-order valence-corrected chi connectivity index (χ3v) is 2.89. The van der Waals surface area contributed by atoms with Gasteiger partial charge in [0.15, 0.2) is 0 Å². The van der Waals surface area contributed by atoms with Crippen LogP contribution in [0.4, 0.5) is 4.79 Å². The lowest BCUT2D eigenvalue weighted by molar-refractivity contribution is 0.165. The predicted octanol–water partition coefficient (Wildman–Crippen LogP) is 1.49. The molecule has 1 rings (SSSR count). The molecule has 1 atom stereocenters. The van der Waals surface area contributed by atoms with Crippen molar-refractivity contribution in [2.75, 3.05) is 6.54 Å². The molecule has 0 aliphatic carbocycles. The maximum Gasteiger partial charge on any atom is 0.404 e. The van der Waals surface area contributed by atoms with Gasteiger partial charge in [0.05, 0.1) is 16.5 Å². The molecule has 0 spiro atoms. The van der Waals surface area contributed by atoms with E-state index in [4.69, 9.17) is 16.7 Å². The number of carbonyl (C=O) groups is 1. The standard InChI is InChI=1S/C7H9ClN2O3S/c8-6-5(14-3-10-6)4(11)1-2-9-7(12)13/h3-4,9,11H,1-2H2,(H,12,13). The van der Waals surface area contributed by atoms with Gasteiger partial charge >= 0.3 is 6.09 Å². The number of rotatable bonds is 4. The van der Waals surface area contributed by atoms with E-state index in [-0.39, 0.29) is 18.1 Å². The Kier molecular flexibility index (Phi) is 4.12. The second-order valence-electron chi connectivity index (χ2n) is 2.54. The number of hydrogen-bond donors (Lipinski definition) is 3. The summed E-state index contributed by atoms with van der Waals surface area (Å²) in [5, 5.41) is 20.3. The highest BCUT2D eigenvalue weighted by atomic mass is 35.5. The lowest BCUT2D eigenvalue weighted by atomic mass is 10.2. The van der Waals surface area contributed by atoms with Crippen molar-refractivity contribution < 1.29 is 15.0 Å². The maximum absolute atomic E-state index is 10.1. The molecule has 0 saturated heterocycles. The van der Waals surface area contributed by atoms with Crippen LogP contribution in [0, 0.1) is 0 Å². The van der Waals surface area contributed by atoms with Gasteiger partial charge < -0.3 is 15.5 Å². The van der Waals surface area contributed by atoms with E-state index in [1.807, 2.05) is 0 Å².